The molecule has 7 heteroatoms. The van der Waals surface area contributed by atoms with Crippen LogP contribution in [0.5, 0.6) is 5.75 Å². The summed E-state index contributed by atoms with van der Waals surface area (Å²) in [5, 5.41) is 2.76. The van der Waals surface area contributed by atoms with Crippen LogP contribution in [-0.4, -0.2) is 33.2 Å². The van der Waals surface area contributed by atoms with Crippen molar-refractivity contribution >= 4 is 27.3 Å². The number of aryl methyl sites for hydroxylation is 1. The second kappa shape index (κ2) is 8.90. The third kappa shape index (κ3) is 5.47. The van der Waals surface area contributed by atoms with Crippen LogP contribution in [-0.2, 0) is 21.2 Å². The van der Waals surface area contributed by atoms with Crippen molar-refractivity contribution in [3.8, 4) is 5.75 Å². The number of nitrogens with one attached hydrogen (secondary N) is 1. The maximum Gasteiger partial charge on any atom is 0.247 e. The van der Waals surface area contributed by atoms with Gasteiger partial charge in [-0.05, 0) is 50.1 Å². The van der Waals surface area contributed by atoms with E-state index >= 15 is 0 Å². The monoisotopic (exact) mass is 390 g/mol. The van der Waals surface area contributed by atoms with Crippen molar-refractivity contribution in [2.75, 3.05) is 22.5 Å². The molecule has 27 heavy (non-hydrogen) atoms. The molecule has 0 spiro atoms. The molecular weight excluding hydrogens is 364 g/mol. The molecule has 1 amide bonds. The van der Waals surface area contributed by atoms with Crippen LogP contribution >= 0.6 is 0 Å². The molecule has 2 aromatic carbocycles. The second-order valence-electron chi connectivity index (χ2n) is 6.20. The third-order valence-electron chi connectivity index (χ3n) is 4.10. The van der Waals surface area contributed by atoms with E-state index in [1.165, 1.54) is 0 Å². The van der Waals surface area contributed by atoms with Gasteiger partial charge in [0.2, 0.25) is 15.9 Å². The van der Waals surface area contributed by atoms with Gasteiger partial charge < -0.3 is 10.1 Å². The zero-order valence-corrected chi connectivity index (χ0v) is 16.9. The molecule has 0 aliphatic heterocycles. The van der Waals surface area contributed by atoms with Gasteiger partial charge in [0, 0.05) is 11.8 Å². The van der Waals surface area contributed by atoms with E-state index in [4.69, 9.17) is 4.74 Å². The molecule has 0 fully saturated rings. The number of sulfonamides is 1. The molecule has 0 radical (unpaired) electrons. The minimum atomic E-state index is -3.64. The molecule has 2 aromatic rings. The highest BCUT2D eigenvalue weighted by Crippen LogP contribution is 2.23. The van der Waals surface area contributed by atoms with Gasteiger partial charge in [-0.2, -0.15) is 0 Å². The SMILES string of the molecule is CCOc1cccc(NC(=O)[C@H](C)N(c2ccc(CC)cc2)S(C)(=O)=O)c1. The Morgan fingerprint density at radius 1 is 1.15 bits per heavy atom. The van der Waals surface area contributed by atoms with E-state index < -0.39 is 22.0 Å². The number of ether oxygens (including phenoxy) is 1. The summed E-state index contributed by atoms with van der Waals surface area (Å²) in [4.78, 5) is 12.7. The van der Waals surface area contributed by atoms with Gasteiger partial charge in [0.25, 0.3) is 0 Å². The highest BCUT2D eigenvalue weighted by Gasteiger charge is 2.29. The Morgan fingerprint density at radius 3 is 2.37 bits per heavy atom. The van der Waals surface area contributed by atoms with Crippen LogP contribution < -0.4 is 14.4 Å². The van der Waals surface area contributed by atoms with Crippen molar-refractivity contribution in [2.24, 2.45) is 0 Å². The Hall–Kier alpha value is -2.54. The molecule has 146 valence electrons. The molecule has 0 saturated carbocycles. The van der Waals surface area contributed by atoms with Crippen LogP contribution in [0, 0.1) is 0 Å². The number of hydrogen-bond donors (Lipinski definition) is 1. The van der Waals surface area contributed by atoms with Gasteiger partial charge in [0.1, 0.15) is 11.8 Å². The van der Waals surface area contributed by atoms with Crippen molar-refractivity contribution in [3.05, 3.63) is 54.1 Å². The maximum absolute atomic E-state index is 12.7. The summed E-state index contributed by atoms with van der Waals surface area (Å²) in [6.07, 6.45) is 1.95. The van der Waals surface area contributed by atoms with Crippen LogP contribution in [0.3, 0.4) is 0 Å². The highest BCUT2D eigenvalue weighted by atomic mass is 32.2. The van der Waals surface area contributed by atoms with Crippen LogP contribution in [0.25, 0.3) is 0 Å². The quantitative estimate of drug-likeness (QED) is 0.749. The minimum Gasteiger partial charge on any atom is -0.494 e. The molecule has 0 aliphatic rings. The second-order valence-corrected chi connectivity index (χ2v) is 8.06. The number of rotatable bonds is 8. The maximum atomic E-state index is 12.7. The van der Waals surface area contributed by atoms with E-state index in [1.54, 1.807) is 43.3 Å². The fraction of sp³-hybridized carbons (Fsp3) is 0.350. The molecule has 1 atom stereocenters. The zero-order chi connectivity index (χ0) is 20.0. The van der Waals surface area contributed by atoms with Gasteiger partial charge in [0.05, 0.1) is 18.6 Å². The minimum absolute atomic E-state index is 0.423. The zero-order valence-electron chi connectivity index (χ0n) is 16.1. The predicted octanol–water partition coefficient (Wildman–Crippen LogP) is 3.44. The molecular formula is C20H26N2O4S. The van der Waals surface area contributed by atoms with Crippen LogP contribution in [0.4, 0.5) is 11.4 Å². The number of amides is 1. The van der Waals surface area contributed by atoms with Crippen LogP contribution in [0.1, 0.15) is 26.3 Å². The third-order valence-corrected chi connectivity index (χ3v) is 5.34. The summed E-state index contributed by atoms with van der Waals surface area (Å²) in [6, 6.07) is 13.3. The predicted molar refractivity (Wildman–Crippen MR) is 109 cm³/mol. The van der Waals surface area contributed by atoms with E-state index in [2.05, 4.69) is 5.32 Å². The molecule has 6 nitrogen and oxygen atoms in total. The number of carbonyl (C=O) groups excluding carboxylic acids is 1. The van der Waals surface area contributed by atoms with E-state index in [1.807, 2.05) is 26.0 Å². The van der Waals surface area contributed by atoms with Crippen molar-refractivity contribution < 1.29 is 17.9 Å². The first-order valence-corrected chi connectivity index (χ1v) is 10.7. The average Bonchev–Trinajstić information content (AvgIpc) is 2.62. The molecule has 0 aliphatic carbocycles. The van der Waals surface area contributed by atoms with Crippen LogP contribution in [0.15, 0.2) is 48.5 Å². The van der Waals surface area contributed by atoms with E-state index in [9.17, 15) is 13.2 Å². The molecule has 1 N–H and O–H groups in total. The van der Waals surface area contributed by atoms with Crippen LogP contribution in [0.2, 0.25) is 0 Å². The smallest absolute Gasteiger partial charge is 0.247 e. The molecule has 0 heterocycles. The molecule has 0 bridgehead atoms. The van der Waals surface area contributed by atoms with Gasteiger partial charge in [0.15, 0.2) is 0 Å². The van der Waals surface area contributed by atoms with Gasteiger partial charge >= 0.3 is 0 Å². The lowest BCUT2D eigenvalue weighted by molar-refractivity contribution is -0.116. The summed E-state index contributed by atoms with van der Waals surface area (Å²) in [7, 11) is -3.64. The van der Waals surface area contributed by atoms with Gasteiger partial charge in [-0.15, -0.1) is 0 Å². The van der Waals surface area contributed by atoms with Crippen molar-refractivity contribution in [3.63, 3.8) is 0 Å². The van der Waals surface area contributed by atoms with Crippen molar-refractivity contribution in [2.45, 2.75) is 33.2 Å². The molecule has 2 rings (SSSR count). The fourth-order valence-electron chi connectivity index (χ4n) is 2.76. The Balaban J connectivity index is 2.25. The first kappa shape index (κ1) is 20.8. The molecule has 0 aromatic heterocycles. The highest BCUT2D eigenvalue weighted by molar-refractivity contribution is 7.92. The van der Waals surface area contributed by atoms with E-state index in [-0.39, 0.29) is 0 Å². The number of benzene rings is 2. The number of nitrogens with zero attached hydrogens (tertiary/aromatic N) is 1. The summed E-state index contributed by atoms with van der Waals surface area (Å²) in [5.74, 6) is 0.215. The fourth-order valence-corrected chi connectivity index (χ4v) is 3.94. The largest absolute Gasteiger partial charge is 0.494 e. The van der Waals surface area contributed by atoms with E-state index in [0.717, 1.165) is 22.5 Å². The number of carbonyl (C=O) groups is 1. The lowest BCUT2D eigenvalue weighted by Gasteiger charge is -2.28. The summed E-state index contributed by atoms with van der Waals surface area (Å²) in [5.41, 5.74) is 2.10. The molecule has 0 unspecified atom stereocenters. The topological polar surface area (TPSA) is 75.7 Å². The Labute approximate surface area is 161 Å². The standard InChI is InChI=1S/C20H26N2O4S/c1-5-16-10-12-18(13-11-16)22(27(4,24)25)15(3)20(23)21-17-8-7-9-19(14-17)26-6-2/h7-15H,5-6H2,1-4H3,(H,21,23)/t15-/m0/s1. The first-order valence-electron chi connectivity index (χ1n) is 8.88. The summed E-state index contributed by atoms with van der Waals surface area (Å²) >= 11 is 0. The summed E-state index contributed by atoms with van der Waals surface area (Å²) < 4.78 is 31.3. The lowest BCUT2D eigenvalue weighted by atomic mass is 10.1. The summed E-state index contributed by atoms with van der Waals surface area (Å²) in [6.45, 7) is 5.98. The first-order chi connectivity index (χ1) is 12.8. The number of anilines is 2. The van der Waals surface area contributed by atoms with Crippen molar-refractivity contribution in [1.82, 2.24) is 0 Å². The average molecular weight is 391 g/mol. The number of hydrogen-bond acceptors (Lipinski definition) is 4. The Bertz CT molecular complexity index is 879. The molecule has 0 saturated heterocycles. The van der Waals surface area contributed by atoms with Gasteiger partial charge in [-0.1, -0.05) is 25.1 Å². The van der Waals surface area contributed by atoms with Gasteiger partial charge in [-0.3, -0.25) is 9.10 Å². The lowest BCUT2D eigenvalue weighted by Crippen LogP contribution is -2.45. The Morgan fingerprint density at radius 2 is 1.81 bits per heavy atom. The van der Waals surface area contributed by atoms with Crippen molar-refractivity contribution in [1.29, 1.82) is 0 Å². The van der Waals surface area contributed by atoms with Gasteiger partial charge in [-0.25, -0.2) is 8.42 Å². The van der Waals surface area contributed by atoms with E-state index in [0.29, 0.717) is 23.7 Å². The normalized spacial score (nSPS) is 12.3. The Kier molecular flexibility index (Phi) is 6.85.